The van der Waals surface area contributed by atoms with Gasteiger partial charge < -0.3 is 5.73 Å². The van der Waals surface area contributed by atoms with Crippen LogP contribution >= 0.6 is 11.6 Å². The molecule has 0 amide bonds. The summed E-state index contributed by atoms with van der Waals surface area (Å²) in [6.45, 7) is 6.39. The van der Waals surface area contributed by atoms with Gasteiger partial charge in [0.2, 0.25) is 0 Å². The van der Waals surface area contributed by atoms with E-state index in [0.717, 1.165) is 12.0 Å². The standard InChI is InChI=1S/C13H19ClFN/c1-4-13(2,3)12(16)7-9-5-6-10(15)8-11(9)14/h5-6,8,12H,4,7,16H2,1-3H3. The molecular weight excluding hydrogens is 225 g/mol. The molecule has 0 saturated heterocycles. The van der Waals surface area contributed by atoms with Crippen molar-refractivity contribution in [2.24, 2.45) is 11.1 Å². The van der Waals surface area contributed by atoms with E-state index in [0.29, 0.717) is 11.4 Å². The van der Waals surface area contributed by atoms with Crippen LogP contribution in [0.2, 0.25) is 5.02 Å². The van der Waals surface area contributed by atoms with E-state index in [2.05, 4.69) is 20.8 Å². The zero-order valence-electron chi connectivity index (χ0n) is 10.1. The van der Waals surface area contributed by atoms with Gasteiger partial charge in [0.15, 0.2) is 0 Å². The molecule has 0 heterocycles. The molecule has 1 nitrogen and oxygen atoms in total. The summed E-state index contributed by atoms with van der Waals surface area (Å²) in [5, 5.41) is 0.461. The highest BCUT2D eigenvalue weighted by molar-refractivity contribution is 6.31. The fourth-order valence-corrected chi connectivity index (χ4v) is 1.71. The molecule has 1 atom stereocenters. The van der Waals surface area contributed by atoms with Crippen LogP contribution in [-0.2, 0) is 6.42 Å². The zero-order valence-corrected chi connectivity index (χ0v) is 10.8. The number of nitrogens with two attached hydrogens (primary N) is 1. The lowest BCUT2D eigenvalue weighted by atomic mass is 9.79. The summed E-state index contributed by atoms with van der Waals surface area (Å²) >= 11 is 5.97. The number of hydrogen-bond donors (Lipinski definition) is 1. The largest absolute Gasteiger partial charge is 0.327 e. The van der Waals surface area contributed by atoms with Crippen LogP contribution in [0.1, 0.15) is 32.8 Å². The second kappa shape index (κ2) is 5.15. The molecule has 0 spiro atoms. The molecule has 1 aromatic carbocycles. The van der Waals surface area contributed by atoms with Gasteiger partial charge in [-0.25, -0.2) is 4.39 Å². The van der Waals surface area contributed by atoms with Crippen LogP contribution in [0.15, 0.2) is 18.2 Å². The van der Waals surface area contributed by atoms with Gasteiger partial charge in [0.05, 0.1) is 0 Å². The maximum absolute atomic E-state index is 12.9. The minimum absolute atomic E-state index is 0.0282. The maximum Gasteiger partial charge on any atom is 0.124 e. The van der Waals surface area contributed by atoms with E-state index in [4.69, 9.17) is 17.3 Å². The Morgan fingerprint density at radius 3 is 2.56 bits per heavy atom. The topological polar surface area (TPSA) is 26.0 Å². The maximum atomic E-state index is 12.9. The predicted molar refractivity (Wildman–Crippen MR) is 67.2 cm³/mol. The van der Waals surface area contributed by atoms with Crippen LogP contribution in [0.4, 0.5) is 4.39 Å². The highest BCUT2D eigenvalue weighted by Crippen LogP contribution is 2.28. The lowest BCUT2D eigenvalue weighted by Crippen LogP contribution is -2.38. The van der Waals surface area contributed by atoms with Crippen molar-refractivity contribution in [1.82, 2.24) is 0 Å². The SMILES string of the molecule is CCC(C)(C)C(N)Cc1ccc(F)cc1Cl. The van der Waals surface area contributed by atoms with E-state index in [1.807, 2.05) is 0 Å². The van der Waals surface area contributed by atoms with Gasteiger partial charge in [-0.3, -0.25) is 0 Å². The average Bonchev–Trinajstić information content (AvgIpc) is 2.22. The third-order valence-electron chi connectivity index (χ3n) is 3.37. The molecule has 1 aromatic rings. The minimum atomic E-state index is -0.308. The first-order valence-corrected chi connectivity index (χ1v) is 5.94. The number of hydrogen-bond acceptors (Lipinski definition) is 1. The van der Waals surface area contributed by atoms with E-state index >= 15 is 0 Å². The summed E-state index contributed by atoms with van der Waals surface area (Å²) in [7, 11) is 0. The van der Waals surface area contributed by atoms with Gasteiger partial charge in [0.1, 0.15) is 5.82 Å². The number of halogens is 2. The van der Waals surface area contributed by atoms with Crippen molar-refractivity contribution in [3.05, 3.63) is 34.6 Å². The highest BCUT2D eigenvalue weighted by Gasteiger charge is 2.24. The van der Waals surface area contributed by atoms with Gasteiger partial charge in [-0.15, -0.1) is 0 Å². The Balaban J connectivity index is 2.81. The monoisotopic (exact) mass is 243 g/mol. The quantitative estimate of drug-likeness (QED) is 0.856. The fraction of sp³-hybridized carbons (Fsp3) is 0.538. The molecule has 0 aliphatic rings. The number of benzene rings is 1. The summed E-state index contributed by atoms with van der Waals surface area (Å²) in [6, 6.07) is 4.50. The van der Waals surface area contributed by atoms with Gasteiger partial charge in [-0.2, -0.15) is 0 Å². The van der Waals surface area contributed by atoms with Gasteiger partial charge in [-0.05, 0) is 36.0 Å². The Bertz CT molecular complexity index is 363. The third-order valence-corrected chi connectivity index (χ3v) is 3.72. The molecule has 0 aliphatic heterocycles. The molecular formula is C13H19ClFN. The van der Waals surface area contributed by atoms with Gasteiger partial charge >= 0.3 is 0 Å². The molecule has 90 valence electrons. The molecule has 0 saturated carbocycles. The van der Waals surface area contributed by atoms with Crippen molar-refractivity contribution >= 4 is 11.6 Å². The van der Waals surface area contributed by atoms with Crippen molar-refractivity contribution < 1.29 is 4.39 Å². The van der Waals surface area contributed by atoms with Crippen molar-refractivity contribution in [2.45, 2.75) is 39.7 Å². The molecule has 0 aromatic heterocycles. The lowest BCUT2D eigenvalue weighted by Gasteiger charge is -2.30. The summed E-state index contributed by atoms with van der Waals surface area (Å²) in [5.74, 6) is -0.308. The lowest BCUT2D eigenvalue weighted by molar-refractivity contribution is 0.272. The van der Waals surface area contributed by atoms with Gasteiger partial charge in [0.25, 0.3) is 0 Å². The number of rotatable bonds is 4. The summed E-state index contributed by atoms with van der Waals surface area (Å²) < 4.78 is 12.9. The van der Waals surface area contributed by atoms with E-state index in [9.17, 15) is 4.39 Å². The molecule has 1 unspecified atom stereocenters. The molecule has 0 fully saturated rings. The molecule has 16 heavy (non-hydrogen) atoms. The molecule has 0 radical (unpaired) electrons. The first-order chi connectivity index (χ1) is 7.36. The second-order valence-corrected chi connectivity index (χ2v) is 5.30. The Hall–Kier alpha value is -0.600. The Morgan fingerprint density at radius 1 is 1.44 bits per heavy atom. The summed E-state index contributed by atoms with van der Waals surface area (Å²) in [4.78, 5) is 0. The van der Waals surface area contributed by atoms with Crippen LogP contribution < -0.4 is 5.73 Å². The summed E-state index contributed by atoms with van der Waals surface area (Å²) in [6.07, 6.45) is 1.69. The van der Waals surface area contributed by atoms with E-state index in [1.165, 1.54) is 12.1 Å². The van der Waals surface area contributed by atoms with Crippen LogP contribution in [0, 0.1) is 11.2 Å². The minimum Gasteiger partial charge on any atom is -0.327 e. The zero-order chi connectivity index (χ0) is 12.3. The Morgan fingerprint density at radius 2 is 2.06 bits per heavy atom. The first kappa shape index (κ1) is 13.5. The van der Waals surface area contributed by atoms with Crippen molar-refractivity contribution in [2.75, 3.05) is 0 Å². The smallest absolute Gasteiger partial charge is 0.124 e. The molecule has 1 rings (SSSR count). The highest BCUT2D eigenvalue weighted by atomic mass is 35.5. The van der Waals surface area contributed by atoms with Crippen LogP contribution in [0.3, 0.4) is 0 Å². The second-order valence-electron chi connectivity index (χ2n) is 4.89. The average molecular weight is 244 g/mol. The van der Waals surface area contributed by atoms with Gasteiger partial charge in [-0.1, -0.05) is 38.4 Å². The van der Waals surface area contributed by atoms with E-state index in [-0.39, 0.29) is 17.3 Å². The van der Waals surface area contributed by atoms with Gasteiger partial charge in [0, 0.05) is 11.1 Å². The van der Waals surface area contributed by atoms with Crippen molar-refractivity contribution in [3.8, 4) is 0 Å². The van der Waals surface area contributed by atoms with Crippen molar-refractivity contribution in [1.29, 1.82) is 0 Å². The van der Waals surface area contributed by atoms with E-state index in [1.54, 1.807) is 6.07 Å². The Labute approximate surface area is 102 Å². The summed E-state index contributed by atoms with van der Waals surface area (Å²) in [5.41, 5.74) is 7.13. The Kier molecular flexibility index (Phi) is 4.34. The third kappa shape index (κ3) is 3.19. The normalized spacial score (nSPS) is 13.9. The molecule has 2 N–H and O–H groups in total. The first-order valence-electron chi connectivity index (χ1n) is 5.56. The van der Waals surface area contributed by atoms with Crippen LogP contribution in [0.25, 0.3) is 0 Å². The molecule has 0 bridgehead atoms. The molecule has 3 heteroatoms. The van der Waals surface area contributed by atoms with Crippen LogP contribution in [0.5, 0.6) is 0 Å². The fourth-order valence-electron chi connectivity index (χ4n) is 1.46. The molecule has 0 aliphatic carbocycles. The predicted octanol–water partition coefficient (Wildman–Crippen LogP) is 3.79. The van der Waals surface area contributed by atoms with Crippen molar-refractivity contribution in [3.63, 3.8) is 0 Å². The van der Waals surface area contributed by atoms with E-state index < -0.39 is 0 Å². The van der Waals surface area contributed by atoms with Crippen LogP contribution in [-0.4, -0.2) is 6.04 Å².